The van der Waals surface area contributed by atoms with E-state index >= 15 is 0 Å². The molecule has 1 aromatic rings. The molecule has 15 heavy (non-hydrogen) atoms. The number of nitro groups is 1. The predicted octanol–water partition coefficient (Wildman–Crippen LogP) is 0.760. The largest absolute Gasteiger partial charge is 0.484 e. The monoisotopic (exact) mass is 210 g/mol. The number of benzene rings is 1. The van der Waals surface area contributed by atoms with E-state index in [9.17, 15) is 10.1 Å². The van der Waals surface area contributed by atoms with Gasteiger partial charge < -0.3 is 15.2 Å². The molecular weight excluding hydrogens is 200 g/mol. The maximum atomic E-state index is 10.7. The third-order valence-corrected chi connectivity index (χ3v) is 2.20. The molecule has 0 saturated heterocycles. The summed E-state index contributed by atoms with van der Waals surface area (Å²) in [5.41, 5.74) is 0.371. The van der Waals surface area contributed by atoms with Crippen LogP contribution in [-0.2, 0) is 0 Å². The second kappa shape index (κ2) is 3.74. The van der Waals surface area contributed by atoms with Gasteiger partial charge in [0.15, 0.2) is 5.69 Å². The van der Waals surface area contributed by atoms with Crippen LogP contribution in [0.25, 0.3) is 0 Å². The summed E-state index contributed by atoms with van der Waals surface area (Å²) in [6.07, 6.45) is -0.348. The van der Waals surface area contributed by atoms with Gasteiger partial charge in [0.1, 0.15) is 11.9 Å². The second-order valence-electron chi connectivity index (χ2n) is 3.21. The number of fused-ring (bicyclic) bond motifs is 1. The summed E-state index contributed by atoms with van der Waals surface area (Å²) >= 11 is 0. The summed E-state index contributed by atoms with van der Waals surface area (Å²) < 4.78 is 5.35. The molecule has 0 aliphatic carbocycles. The van der Waals surface area contributed by atoms with E-state index in [1.807, 2.05) is 0 Å². The smallest absolute Gasteiger partial charge is 0.296 e. The summed E-state index contributed by atoms with van der Waals surface area (Å²) in [5, 5.41) is 22.5. The van der Waals surface area contributed by atoms with Gasteiger partial charge in [-0.05, 0) is 6.07 Å². The molecule has 1 unspecified atom stereocenters. The first-order chi connectivity index (χ1) is 7.22. The Morgan fingerprint density at radius 3 is 3.13 bits per heavy atom. The second-order valence-corrected chi connectivity index (χ2v) is 3.21. The Kier molecular flexibility index (Phi) is 2.42. The van der Waals surface area contributed by atoms with Crippen molar-refractivity contribution in [2.45, 2.75) is 6.10 Å². The normalized spacial score (nSPS) is 18.6. The number of ether oxygens (including phenoxy) is 1. The van der Waals surface area contributed by atoms with E-state index < -0.39 is 4.92 Å². The van der Waals surface area contributed by atoms with E-state index in [2.05, 4.69) is 5.32 Å². The first-order valence-corrected chi connectivity index (χ1v) is 4.51. The lowest BCUT2D eigenvalue weighted by Gasteiger charge is -2.25. The summed E-state index contributed by atoms with van der Waals surface area (Å²) in [4.78, 5) is 10.2. The maximum absolute atomic E-state index is 10.7. The van der Waals surface area contributed by atoms with Gasteiger partial charge in [-0.25, -0.2) is 0 Å². The SMILES string of the molecule is O=[N+]([O-])c1cccc2c1NCC(CO)O2. The molecule has 0 bridgehead atoms. The molecular formula is C9H10N2O4. The Labute approximate surface area is 85.6 Å². The van der Waals surface area contributed by atoms with Gasteiger partial charge in [-0.3, -0.25) is 10.1 Å². The summed E-state index contributed by atoms with van der Waals surface area (Å²) in [6, 6.07) is 4.60. The van der Waals surface area contributed by atoms with Gasteiger partial charge in [-0.2, -0.15) is 0 Å². The molecule has 1 atom stereocenters. The highest BCUT2D eigenvalue weighted by molar-refractivity contribution is 5.70. The Bertz CT molecular complexity index is 394. The fourth-order valence-corrected chi connectivity index (χ4v) is 1.49. The highest BCUT2D eigenvalue weighted by atomic mass is 16.6. The molecule has 2 rings (SSSR count). The van der Waals surface area contributed by atoms with Gasteiger partial charge >= 0.3 is 0 Å². The number of anilines is 1. The third kappa shape index (κ3) is 1.71. The lowest BCUT2D eigenvalue weighted by atomic mass is 10.2. The lowest BCUT2D eigenvalue weighted by Crippen LogP contribution is -2.33. The molecule has 0 saturated carbocycles. The molecule has 1 aliphatic rings. The fourth-order valence-electron chi connectivity index (χ4n) is 1.49. The summed E-state index contributed by atoms with van der Waals surface area (Å²) in [6.45, 7) is 0.253. The first-order valence-electron chi connectivity index (χ1n) is 4.51. The fraction of sp³-hybridized carbons (Fsp3) is 0.333. The van der Waals surface area contributed by atoms with Crippen molar-refractivity contribution in [3.63, 3.8) is 0 Å². The number of aliphatic hydroxyl groups excluding tert-OH is 1. The Morgan fingerprint density at radius 1 is 1.67 bits per heavy atom. The molecule has 0 fully saturated rings. The van der Waals surface area contributed by atoms with Crippen molar-refractivity contribution in [3.8, 4) is 5.75 Å². The molecule has 0 spiro atoms. The number of nitro benzene ring substituents is 1. The Hall–Kier alpha value is -1.82. The van der Waals surface area contributed by atoms with Crippen molar-refractivity contribution in [2.75, 3.05) is 18.5 Å². The molecule has 2 N–H and O–H groups in total. The van der Waals surface area contributed by atoms with Gasteiger partial charge in [-0.1, -0.05) is 6.07 Å². The van der Waals surface area contributed by atoms with Crippen LogP contribution in [0.2, 0.25) is 0 Å². The Balaban J connectivity index is 2.37. The molecule has 80 valence electrons. The van der Waals surface area contributed by atoms with Crippen LogP contribution in [0.4, 0.5) is 11.4 Å². The average Bonchev–Trinajstić information content (AvgIpc) is 2.27. The van der Waals surface area contributed by atoms with Crippen molar-refractivity contribution in [1.29, 1.82) is 0 Å². The molecule has 6 nitrogen and oxygen atoms in total. The van der Waals surface area contributed by atoms with Crippen LogP contribution in [0.5, 0.6) is 5.75 Å². The van der Waals surface area contributed by atoms with Crippen LogP contribution >= 0.6 is 0 Å². The number of hydrogen-bond donors (Lipinski definition) is 2. The van der Waals surface area contributed by atoms with Gasteiger partial charge in [-0.15, -0.1) is 0 Å². The average molecular weight is 210 g/mol. The van der Waals surface area contributed by atoms with Gasteiger partial charge in [0.25, 0.3) is 5.69 Å². The first kappa shape index (κ1) is 9.72. The zero-order chi connectivity index (χ0) is 10.8. The number of nitrogens with one attached hydrogen (secondary N) is 1. The highest BCUT2D eigenvalue weighted by Crippen LogP contribution is 2.36. The van der Waals surface area contributed by atoms with Gasteiger partial charge in [0, 0.05) is 6.07 Å². The minimum atomic E-state index is -0.464. The van der Waals surface area contributed by atoms with Crippen LogP contribution in [-0.4, -0.2) is 29.3 Å². The minimum absolute atomic E-state index is 0.0103. The summed E-state index contributed by atoms with van der Waals surface area (Å²) in [5.74, 6) is 0.412. The number of rotatable bonds is 2. The molecule has 1 aliphatic heterocycles. The highest BCUT2D eigenvalue weighted by Gasteiger charge is 2.25. The Morgan fingerprint density at radius 2 is 2.47 bits per heavy atom. The number of hydrogen-bond acceptors (Lipinski definition) is 5. The molecule has 1 aromatic carbocycles. The zero-order valence-corrected chi connectivity index (χ0v) is 7.84. The standard InChI is InChI=1S/C9H10N2O4/c12-5-6-4-10-9-7(11(13)14)2-1-3-8(9)15-6/h1-3,6,10,12H,4-5H2. The number of aliphatic hydroxyl groups is 1. The molecule has 6 heteroatoms. The predicted molar refractivity (Wildman–Crippen MR) is 53.1 cm³/mol. The van der Waals surface area contributed by atoms with Crippen LogP contribution in [0.1, 0.15) is 0 Å². The van der Waals surface area contributed by atoms with Crippen molar-refractivity contribution < 1.29 is 14.8 Å². The van der Waals surface area contributed by atoms with E-state index in [0.29, 0.717) is 18.0 Å². The third-order valence-electron chi connectivity index (χ3n) is 2.20. The number of nitrogens with zero attached hydrogens (tertiary/aromatic N) is 1. The van der Waals surface area contributed by atoms with Crippen LogP contribution < -0.4 is 10.1 Å². The van der Waals surface area contributed by atoms with E-state index in [0.717, 1.165) is 0 Å². The maximum Gasteiger partial charge on any atom is 0.296 e. The quantitative estimate of drug-likeness (QED) is 0.556. The molecule has 1 heterocycles. The van der Waals surface area contributed by atoms with E-state index in [1.54, 1.807) is 12.1 Å². The molecule has 0 radical (unpaired) electrons. The summed E-state index contributed by atoms with van der Waals surface area (Å²) in [7, 11) is 0. The van der Waals surface area contributed by atoms with Crippen LogP contribution in [0.3, 0.4) is 0 Å². The van der Waals surface area contributed by atoms with Crippen LogP contribution in [0.15, 0.2) is 18.2 Å². The van der Waals surface area contributed by atoms with E-state index in [-0.39, 0.29) is 18.4 Å². The van der Waals surface area contributed by atoms with E-state index in [1.165, 1.54) is 6.07 Å². The number of para-hydroxylation sites is 1. The topological polar surface area (TPSA) is 84.6 Å². The van der Waals surface area contributed by atoms with Gasteiger partial charge in [0.2, 0.25) is 0 Å². The van der Waals surface area contributed by atoms with Crippen molar-refractivity contribution in [2.24, 2.45) is 0 Å². The van der Waals surface area contributed by atoms with E-state index in [4.69, 9.17) is 9.84 Å². The molecule has 0 amide bonds. The van der Waals surface area contributed by atoms with Crippen molar-refractivity contribution >= 4 is 11.4 Å². The molecule has 0 aromatic heterocycles. The minimum Gasteiger partial charge on any atom is -0.484 e. The van der Waals surface area contributed by atoms with Crippen molar-refractivity contribution in [1.82, 2.24) is 0 Å². The van der Waals surface area contributed by atoms with Crippen LogP contribution in [0, 0.1) is 10.1 Å². The lowest BCUT2D eigenvalue weighted by molar-refractivity contribution is -0.384. The zero-order valence-electron chi connectivity index (χ0n) is 7.84. The van der Waals surface area contributed by atoms with Gasteiger partial charge in [0.05, 0.1) is 18.1 Å². The van der Waals surface area contributed by atoms with Crippen molar-refractivity contribution in [3.05, 3.63) is 28.3 Å².